The van der Waals surface area contributed by atoms with E-state index >= 15 is 0 Å². The number of alkyl halides is 3. The Labute approximate surface area is 175 Å². The van der Waals surface area contributed by atoms with Gasteiger partial charge in [-0.1, -0.05) is 44.4 Å². The maximum atomic E-state index is 13.1. The van der Waals surface area contributed by atoms with Gasteiger partial charge < -0.3 is 9.73 Å². The van der Waals surface area contributed by atoms with Crippen LogP contribution in [0.25, 0.3) is 0 Å². The third-order valence-corrected chi connectivity index (χ3v) is 5.51. The second-order valence-electron chi connectivity index (χ2n) is 7.92. The molecule has 1 heterocycles. The van der Waals surface area contributed by atoms with Crippen LogP contribution in [0, 0.1) is 0 Å². The molecular weight excluding hydrogens is 393 g/mol. The number of carbonyl (C=O) groups is 1. The molecule has 0 radical (unpaired) electrons. The molecule has 0 atom stereocenters. The van der Waals surface area contributed by atoms with Crippen LogP contribution in [-0.2, 0) is 19.3 Å². The smallest absolute Gasteiger partial charge is 0.416 e. The number of nitrogens with zero attached hydrogens (tertiary/aromatic N) is 1. The molecule has 4 nitrogen and oxygen atoms in total. The fourth-order valence-electron chi connectivity index (χ4n) is 3.95. The summed E-state index contributed by atoms with van der Waals surface area (Å²) in [7, 11) is 0. The van der Waals surface area contributed by atoms with Gasteiger partial charge in [0.2, 0.25) is 0 Å². The Morgan fingerprint density at radius 2 is 1.90 bits per heavy atom. The van der Waals surface area contributed by atoms with E-state index in [0.29, 0.717) is 31.0 Å². The van der Waals surface area contributed by atoms with E-state index in [-0.39, 0.29) is 17.7 Å². The van der Waals surface area contributed by atoms with Crippen molar-refractivity contribution < 1.29 is 22.4 Å². The van der Waals surface area contributed by atoms with Gasteiger partial charge in [0.05, 0.1) is 12.1 Å². The van der Waals surface area contributed by atoms with Gasteiger partial charge in [-0.05, 0) is 43.0 Å². The third-order valence-electron chi connectivity index (χ3n) is 5.51. The van der Waals surface area contributed by atoms with Crippen molar-refractivity contribution in [1.82, 2.24) is 10.2 Å². The molecule has 2 aromatic rings. The van der Waals surface area contributed by atoms with Gasteiger partial charge in [0.25, 0.3) is 5.91 Å². The molecule has 1 aliphatic rings. The van der Waals surface area contributed by atoms with E-state index in [4.69, 9.17) is 4.42 Å². The molecule has 1 aromatic carbocycles. The Bertz CT molecular complexity index is 826. The van der Waals surface area contributed by atoms with Crippen molar-refractivity contribution in [1.29, 1.82) is 0 Å². The SMILES string of the molecule is CCCNC(=O)c1ccc(CN(Cc2cccc(C(F)(F)F)c2)C2CCCCC2)o1. The molecule has 1 saturated carbocycles. The zero-order chi connectivity index (χ0) is 21.6. The summed E-state index contributed by atoms with van der Waals surface area (Å²) >= 11 is 0. The van der Waals surface area contributed by atoms with E-state index in [1.165, 1.54) is 18.6 Å². The number of benzene rings is 1. The highest BCUT2D eigenvalue weighted by Gasteiger charge is 2.31. The standard InChI is InChI=1S/C23H29F3N2O2/c1-2-13-27-22(29)21-12-11-20(30-21)16-28(19-9-4-3-5-10-19)15-17-7-6-8-18(14-17)23(24,25)26/h6-8,11-12,14,19H,2-5,9-10,13,15-16H2,1H3,(H,27,29). The minimum atomic E-state index is -4.35. The summed E-state index contributed by atoms with van der Waals surface area (Å²) in [5.41, 5.74) is -0.000610. The number of furan rings is 1. The maximum absolute atomic E-state index is 13.1. The van der Waals surface area contributed by atoms with Gasteiger partial charge in [-0.3, -0.25) is 9.69 Å². The van der Waals surface area contributed by atoms with Gasteiger partial charge in [0.15, 0.2) is 5.76 Å². The average molecular weight is 422 g/mol. The molecule has 7 heteroatoms. The highest BCUT2D eigenvalue weighted by Crippen LogP contribution is 2.31. The van der Waals surface area contributed by atoms with Crippen LogP contribution in [0.1, 0.15) is 72.9 Å². The molecule has 30 heavy (non-hydrogen) atoms. The summed E-state index contributed by atoms with van der Waals surface area (Å²) in [6.07, 6.45) is 1.95. The van der Waals surface area contributed by atoms with Crippen molar-refractivity contribution in [3.63, 3.8) is 0 Å². The van der Waals surface area contributed by atoms with E-state index in [1.54, 1.807) is 18.2 Å². The minimum Gasteiger partial charge on any atom is -0.455 e. The zero-order valence-electron chi connectivity index (χ0n) is 17.3. The normalized spacial score (nSPS) is 15.5. The molecule has 1 aliphatic carbocycles. The summed E-state index contributed by atoms with van der Waals surface area (Å²) in [6.45, 7) is 3.43. The van der Waals surface area contributed by atoms with Crippen LogP contribution < -0.4 is 5.32 Å². The van der Waals surface area contributed by atoms with Crippen LogP contribution in [0.15, 0.2) is 40.8 Å². The number of nitrogens with one attached hydrogen (secondary N) is 1. The molecule has 0 saturated heterocycles. The number of hydrogen-bond donors (Lipinski definition) is 1. The van der Waals surface area contributed by atoms with Crippen LogP contribution in [0.2, 0.25) is 0 Å². The Morgan fingerprint density at radius 3 is 2.60 bits per heavy atom. The number of halogens is 3. The highest BCUT2D eigenvalue weighted by atomic mass is 19.4. The maximum Gasteiger partial charge on any atom is 0.416 e. The van der Waals surface area contributed by atoms with Crippen molar-refractivity contribution in [2.75, 3.05) is 6.54 Å². The summed E-state index contributed by atoms with van der Waals surface area (Å²) in [6, 6.07) is 9.24. The van der Waals surface area contributed by atoms with Gasteiger partial charge in [-0.2, -0.15) is 13.2 Å². The summed E-state index contributed by atoms with van der Waals surface area (Å²) < 4.78 is 45.1. The molecule has 0 unspecified atom stereocenters. The average Bonchev–Trinajstić information content (AvgIpc) is 3.20. The summed E-state index contributed by atoms with van der Waals surface area (Å²) in [5.74, 6) is 0.667. The van der Waals surface area contributed by atoms with Crippen molar-refractivity contribution in [3.05, 3.63) is 59.0 Å². The Morgan fingerprint density at radius 1 is 1.13 bits per heavy atom. The van der Waals surface area contributed by atoms with E-state index < -0.39 is 11.7 Å². The number of rotatable bonds is 8. The Balaban J connectivity index is 1.75. The van der Waals surface area contributed by atoms with E-state index in [1.807, 2.05) is 6.92 Å². The quantitative estimate of drug-likeness (QED) is 0.587. The van der Waals surface area contributed by atoms with Crippen LogP contribution >= 0.6 is 0 Å². The van der Waals surface area contributed by atoms with E-state index in [9.17, 15) is 18.0 Å². The Kier molecular flexibility index (Phi) is 7.58. The van der Waals surface area contributed by atoms with Gasteiger partial charge in [0, 0.05) is 19.1 Å². The van der Waals surface area contributed by atoms with Gasteiger partial charge in [-0.15, -0.1) is 0 Å². The van der Waals surface area contributed by atoms with Gasteiger partial charge in [-0.25, -0.2) is 0 Å². The Hall–Kier alpha value is -2.28. The first kappa shape index (κ1) is 22.4. The number of carbonyl (C=O) groups excluding carboxylic acids is 1. The van der Waals surface area contributed by atoms with E-state index in [2.05, 4.69) is 10.2 Å². The minimum absolute atomic E-state index is 0.245. The lowest BCUT2D eigenvalue weighted by Gasteiger charge is -2.34. The second kappa shape index (κ2) is 10.2. The lowest BCUT2D eigenvalue weighted by atomic mass is 9.93. The molecular formula is C23H29F3N2O2. The fourth-order valence-corrected chi connectivity index (χ4v) is 3.95. The topological polar surface area (TPSA) is 45.5 Å². The predicted octanol–water partition coefficient (Wildman–Crippen LogP) is 5.77. The summed E-state index contributed by atoms with van der Waals surface area (Å²) in [4.78, 5) is 14.3. The molecule has 0 aliphatic heterocycles. The molecule has 1 aromatic heterocycles. The lowest BCUT2D eigenvalue weighted by Crippen LogP contribution is -2.35. The van der Waals surface area contributed by atoms with Crippen molar-refractivity contribution in [2.45, 2.75) is 70.8 Å². The van der Waals surface area contributed by atoms with Crippen LogP contribution in [-0.4, -0.2) is 23.4 Å². The molecule has 164 valence electrons. The highest BCUT2D eigenvalue weighted by molar-refractivity contribution is 5.91. The first-order valence-corrected chi connectivity index (χ1v) is 10.6. The second-order valence-corrected chi connectivity index (χ2v) is 7.92. The molecule has 3 rings (SSSR count). The molecule has 0 spiro atoms. The van der Waals surface area contributed by atoms with Crippen molar-refractivity contribution in [3.8, 4) is 0 Å². The zero-order valence-corrected chi connectivity index (χ0v) is 17.3. The summed E-state index contributed by atoms with van der Waals surface area (Å²) in [5, 5.41) is 2.79. The number of hydrogen-bond acceptors (Lipinski definition) is 3. The molecule has 1 fully saturated rings. The lowest BCUT2D eigenvalue weighted by molar-refractivity contribution is -0.137. The molecule has 1 N–H and O–H groups in total. The molecule has 1 amide bonds. The number of amides is 1. The van der Waals surface area contributed by atoms with Crippen LogP contribution in [0.3, 0.4) is 0 Å². The van der Waals surface area contributed by atoms with Crippen LogP contribution in [0.5, 0.6) is 0 Å². The fraction of sp³-hybridized carbons (Fsp3) is 0.522. The van der Waals surface area contributed by atoms with Gasteiger partial charge >= 0.3 is 6.18 Å². The third kappa shape index (κ3) is 6.11. The monoisotopic (exact) mass is 422 g/mol. The van der Waals surface area contributed by atoms with Crippen molar-refractivity contribution in [2.24, 2.45) is 0 Å². The predicted molar refractivity (Wildman–Crippen MR) is 109 cm³/mol. The van der Waals surface area contributed by atoms with Crippen molar-refractivity contribution >= 4 is 5.91 Å². The first-order valence-electron chi connectivity index (χ1n) is 10.6. The largest absolute Gasteiger partial charge is 0.455 e. The first-order chi connectivity index (χ1) is 14.4. The van der Waals surface area contributed by atoms with Gasteiger partial charge in [0.1, 0.15) is 5.76 Å². The van der Waals surface area contributed by atoms with Crippen LogP contribution in [0.4, 0.5) is 13.2 Å². The van der Waals surface area contributed by atoms with E-state index in [0.717, 1.165) is 38.2 Å². The molecule has 0 bridgehead atoms.